The zero-order chi connectivity index (χ0) is 21.9. The molecule has 0 atom stereocenters. The average Bonchev–Trinajstić information content (AvgIpc) is 3.35. The van der Waals surface area contributed by atoms with E-state index in [2.05, 4.69) is 22.3 Å². The van der Waals surface area contributed by atoms with Gasteiger partial charge >= 0.3 is 0 Å². The third-order valence-corrected chi connectivity index (χ3v) is 6.26. The average molecular weight is 444 g/mol. The maximum Gasteiger partial charge on any atom is 0.253 e. The number of hydrogen-bond donors (Lipinski definition) is 0. The third-order valence-electron chi connectivity index (χ3n) is 5.93. The fourth-order valence-corrected chi connectivity index (χ4v) is 4.32. The van der Waals surface area contributed by atoms with E-state index in [1.807, 2.05) is 71.6 Å². The minimum atomic E-state index is 0.0605. The van der Waals surface area contributed by atoms with Gasteiger partial charge in [-0.2, -0.15) is 4.98 Å². The van der Waals surface area contributed by atoms with E-state index >= 15 is 0 Å². The van der Waals surface area contributed by atoms with E-state index in [4.69, 9.17) is 16.1 Å². The van der Waals surface area contributed by atoms with Crippen molar-refractivity contribution < 1.29 is 9.32 Å². The normalized spacial score (nSPS) is 14.5. The molecule has 1 aromatic heterocycles. The Labute approximate surface area is 191 Å². The van der Waals surface area contributed by atoms with Crippen LogP contribution < -0.4 is 0 Å². The molecule has 0 aliphatic carbocycles. The van der Waals surface area contributed by atoms with Crippen molar-refractivity contribution in [1.29, 1.82) is 0 Å². The zero-order valence-electron chi connectivity index (χ0n) is 17.4. The Morgan fingerprint density at radius 1 is 0.875 bits per heavy atom. The molecule has 3 aromatic carbocycles. The summed E-state index contributed by atoms with van der Waals surface area (Å²) in [6.07, 6.45) is 1.58. The number of likely N-dealkylation sites (tertiary alicyclic amines) is 1. The maximum absolute atomic E-state index is 13.0. The van der Waals surface area contributed by atoms with Gasteiger partial charge in [0.2, 0.25) is 11.7 Å². The summed E-state index contributed by atoms with van der Waals surface area (Å²) in [5, 5.41) is 4.70. The van der Waals surface area contributed by atoms with E-state index in [0.29, 0.717) is 35.4 Å². The molecule has 0 saturated carbocycles. The van der Waals surface area contributed by atoms with Gasteiger partial charge in [0, 0.05) is 30.1 Å². The van der Waals surface area contributed by atoms with Gasteiger partial charge in [0.05, 0.1) is 5.02 Å². The van der Waals surface area contributed by atoms with Crippen LogP contribution in [0.15, 0.2) is 83.4 Å². The van der Waals surface area contributed by atoms with Crippen molar-refractivity contribution in [2.24, 2.45) is 0 Å². The predicted molar refractivity (Wildman–Crippen MR) is 125 cm³/mol. The molecule has 32 heavy (non-hydrogen) atoms. The fourth-order valence-electron chi connectivity index (χ4n) is 4.10. The number of carbonyl (C=O) groups is 1. The Bertz CT molecular complexity index is 1210. The highest BCUT2D eigenvalue weighted by Crippen LogP contribution is 2.31. The molecule has 0 spiro atoms. The Balaban J connectivity index is 1.22. The number of amides is 1. The molecular formula is C26H22ClN3O2. The van der Waals surface area contributed by atoms with Crippen LogP contribution >= 0.6 is 11.6 Å². The highest BCUT2D eigenvalue weighted by molar-refractivity contribution is 6.33. The second kappa shape index (κ2) is 8.97. The number of aromatic nitrogens is 2. The van der Waals surface area contributed by atoms with Gasteiger partial charge < -0.3 is 9.42 Å². The quantitative estimate of drug-likeness (QED) is 0.383. The van der Waals surface area contributed by atoms with Gasteiger partial charge in [-0.1, -0.05) is 71.4 Å². The largest absolute Gasteiger partial charge is 0.339 e. The molecular weight excluding hydrogens is 422 g/mol. The Morgan fingerprint density at radius 2 is 1.53 bits per heavy atom. The molecule has 1 aliphatic heterocycles. The van der Waals surface area contributed by atoms with Crippen LogP contribution in [-0.2, 0) is 0 Å². The highest BCUT2D eigenvalue weighted by atomic mass is 35.5. The monoisotopic (exact) mass is 443 g/mol. The lowest BCUT2D eigenvalue weighted by Crippen LogP contribution is -2.38. The molecule has 5 rings (SSSR count). The number of halogens is 1. The predicted octanol–water partition coefficient (Wildman–Crippen LogP) is 6.08. The minimum Gasteiger partial charge on any atom is -0.339 e. The molecule has 1 amide bonds. The number of benzene rings is 3. The first-order chi connectivity index (χ1) is 15.7. The summed E-state index contributed by atoms with van der Waals surface area (Å²) in [5.74, 6) is 1.32. The number of piperidine rings is 1. The molecule has 160 valence electrons. The molecule has 5 nitrogen and oxygen atoms in total. The van der Waals surface area contributed by atoms with Gasteiger partial charge in [-0.25, -0.2) is 0 Å². The van der Waals surface area contributed by atoms with Crippen LogP contribution in [0.3, 0.4) is 0 Å². The van der Waals surface area contributed by atoms with Crippen molar-refractivity contribution >= 4 is 17.5 Å². The number of rotatable bonds is 4. The Kier molecular flexibility index (Phi) is 5.73. The van der Waals surface area contributed by atoms with Crippen LogP contribution in [0, 0.1) is 0 Å². The summed E-state index contributed by atoms with van der Waals surface area (Å²) in [7, 11) is 0. The minimum absolute atomic E-state index is 0.0605. The molecule has 1 fully saturated rings. The van der Waals surface area contributed by atoms with Crippen LogP contribution in [-0.4, -0.2) is 34.0 Å². The van der Waals surface area contributed by atoms with Crippen molar-refractivity contribution in [1.82, 2.24) is 15.0 Å². The lowest BCUT2D eigenvalue weighted by atomic mass is 9.96. The van der Waals surface area contributed by atoms with Gasteiger partial charge in [0.25, 0.3) is 5.91 Å². The van der Waals surface area contributed by atoms with Gasteiger partial charge in [-0.3, -0.25) is 4.79 Å². The molecule has 0 radical (unpaired) electrons. The molecule has 6 heteroatoms. The van der Waals surface area contributed by atoms with E-state index in [0.717, 1.165) is 29.5 Å². The lowest BCUT2D eigenvalue weighted by Gasteiger charge is -2.30. The van der Waals surface area contributed by atoms with Crippen LogP contribution in [0.25, 0.3) is 22.5 Å². The summed E-state index contributed by atoms with van der Waals surface area (Å²) < 4.78 is 5.53. The van der Waals surface area contributed by atoms with Gasteiger partial charge in [-0.05, 0) is 48.2 Å². The third kappa shape index (κ3) is 4.16. The van der Waals surface area contributed by atoms with Crippen molar-refractivity contribution in [3.63, 3.8) is 0 Å². The molecule has 1 aliphatic rings. The lowest BCUT2D eigenvalue weighted by molar-refractivity contribution is 0.0704. The molecule has 0 N–H and O–H groups in total. The Morgan fingerprint density at radius 3 is 2.25 bits per heavy atom. The molecule has 0 bridgehead atoms. The van der Waals surface area contributed by atoms with Gasteiger partial charge in [0.1, 0.15) is 0 Å². The Hall–Kier alpha value is -3.44. The van der Waals surface area contributed by atoms with Gasteiger partial charge in [-0.15, -0.1) is 0 Å². The van der Waals surface area contributed by atoms with Crippen LogP contribution in [0.1, 0.15) is 35.0 Å². The SMILES string of the molecule is O=C(c1ccc(-c2ccccc2)cc1)N1CCC(c2nc(-c3ccccc3Cl)no2)CC1. The molecule has 4 aromatic rings. The maximum atomic E-state index is 13.0. The summed E-state index contributed by atoms with van der Waals surface area (Å²) in [6, 6.07) is 25.4. The van der Waals surface area contributed by atoms with E-state index in [1.54, 1.807) is 0 Å². The number of carbonyl (C=O) groups excluding carboxylic acids is 1. The number of hydrogen-bond acceptors (Lipinski definition) is 4. The fraction of sp³-hybridized carbons (Fsp3) is 0.192. The standard InChI is InChI=1S/C26H22ClN3O2/c27-23-9-5-4-8-22(23)24-28-25(32-29-24)20-14-16-30(17-15-20)26(31)21-12-10-19(11-13-21)18-6-2-1-3-7-18/h1-13,20H,14-17H2. The smallest absolute Gasteiger partial charge is 0.253 e. The van der Waals surface area contributed by atoms with E-state index in [1.165, 1.54) is 0 Å². The number of nitrogens with zero attached hydrogens (tertiary/aromatic N) is 3. The van der Waals surface area contributed by atoms with E-state index < -0.39 is 0 Å². The molecule has 1 saturated heterocycles. The van der Waals surface area contributed by atoms with Crippen molar-refractivity contribution in [3.8, 4) is 22.5 Å². The summed E-state index contributed by atoms with van der Waals surface area (Å²) in [5.41, 5.74) is 3.72. The van der Waals surface area contributed by atoms with Crippen molar-refractivity contribution in [2.75, 3.05) is 13.1 Å². The van der Waals surface area contributed by atoms with Crippen LogP contribution in [0.4, 0.5) is 0 Å². The molecule has 2 heterocycles. The van der Waals surface area contributed by atoms with E-state index in [-0.39, 0.29) is 11.8 Å². The first kappa shape index (κ1) is 20.5. The van der Waals surface area contributed by atoms with Crippen LogP contribution in [0.2, 0.25) is 5.02 Å². The second-order valence-corrected chi connectivity index (χ2v) is 8.35. The van der Waals surface area contributed by atoms with Crippen LogP contribution in [0.5, 0.6) is 0 Å². The van der Waals surface area contributed by atoms with E-state index in [9.17, 15) is 4.79 Å². The van der Waals surface area contributed by atoms with Crippen molar-refractivity contribution in [3.05, 3.63) is 95.3 Å². The topological polar surface area (TPSA) is 59.2 Å². The molecule has 0 unspecified atom stereocenters. The zero-order valence-corrected chi connectivity index (χ0v) is 18.2. The van der Waals surface area contributed by atoms with Gasteiger partial charge in [0.15, 0.2) is 0 Å². The summed E-state index contributed by atoms with van der Waals surface area (Å²) >= 11 is 6.24. The summed E-state index contributed by atoms with van der Waals surface area (Å²) in [4.78, 5) is 19.4. The second-order valence-electron chi connectivity index (χ2n) is 7.95. The summed E-state index contributed by atoms with van der Waals surface area (Å²) in [6.45, 7) is 1.32. The van der Waals surface area contributed by atoms with Crippen molar-refractivity contribution in [2.45, 2.75) is 18.8 Å². The first-order valence-corrected chi connectivity index (χ1v) is 11.1. The first-order valence-electron chi connectivity index (χ1n) is 10.7. The highest BCUT2D eigenvalue weighted by Gasteiger charge is 2.28.